The molecule has 0 unspecified atom stereocenters. The van der Waals surface area contributed by atoms with Gasteiger partial charge in [0.2, 0.25) is 0 Å². The van der Waals surface area contributed by atoms with Crippen LogP contribution in [0.15, 0.2) is 53.2 Å². The van der Waals surface area contributed by atoms with Crippen molar-refractivity contribution in [3.8, 4) is 19.5 Å². The maximum Gasteiger partial charge on any atom is 0.0542 e. The Balaban J connectivity index is 1.28. The van der Waals surface area contributed by atoms with Crippen molar-refractivity contribution in [3.63, 3.8) is 0 Å². The van der Waals surface area contributed by atoms with E-state index in [2.05, 4.69) is 71.5 Å². The third-order valence-electron chi connectivity index (χ3n) is 7.64. The van der Waals surface area contributed by atoms with E-state index in [1.807, 2.05) is 79.4 Å². The Bertz CT molecular complexity index is 2270. The second-order valence-electron chi connectivity index (χ2n) is 10.2. The molecule has 8 heterocycles. The van der Waals surface area contributed by atoms with Crippen LogP contribution < -0.4 is 0 Å². The van der Waals surface area contributed by atoms with Crippen LogP contribution in [0.25, 0.3) is 78.0 Å². The number of benzene rings is 1. The smallest absolute Gasteiger partial charge is 0.0542 e. The van der Waals surface area contributed by atoms with Crippen LogP contribution in [0.5, 0.6) is 0 Å². The van der Waals surface area contributed by atoms with E-state index in [1.54, 1.807) is 4.88 Å². The second-order valence-corrected chi connectivity index (χ2v) is 18.6. The van der Waals surface area contributed by atoms with Crippen LogP contribution in [0.3, 0.4) is 0 Å². The molecule has 8 heteroatoms. The van der Waals surface area contributed by atoms with E-state index in [9.17, 15) is 0 Å². The molecule has 0 saturated carbocycles. The molecule has 0 fully saturated rings. The number of thiophene rings is 8. The van der Waals surface area contributed by atoms with Crippen LogP contribution in [0, 0.1) is 0 Å². The number of fused-ring (bicyclic) bond motifs is 10. The van der Waals surface area contributed by atoms with Crippen molar-refractivity contribution in [3.05, 3.63) is 58.1 Å². The Kier molecular flexibility index (Phi) is 6.05. The van der Waals surface area contributed by atoms with Crippen LogP contribution in [0.4, 0.5) is 0 Å². The standard InChI is InChI=1S/C32H22S8/c1-2-3-4-5-6-16-11-27-32(35-16)28-17-12-23(25-14-21-19(36-25)7-9-33-21)38-30(17)31-18(29(28)40-27)13-24(39-31)26-15-22-20(37-26)8-10-34-22/h7-15H,2-6H2,1H3. The Labute approximate surface area is 263 Å². The van der Waals surface area contributed by atoms with Crippen molar-refractivity contribution in [1.29, 1.82) is 0 Å². The van der Waals surface area contributed by atoms with Crippen molar-refractivity contribution in [1.82, 2.24) is 0 Å². The van der Waals surface area contributed by atoms with E-state index < -0.39 is 0 Å². The molecule has 0 aliphatic heterocycles. The summed E-state index contributed by atoms with van der Waals surface area (Å²) in [4.78, 5) is 7.21. The first-order valence-electron chi connectivity index (χ1n) is 13.5. The summed E-state index contributed by atoms with van der Waals surface area (Å²) >= 11 is 15.7. The van der Waals surface area contributed by atoms with Gasteiger partial charge in [0.1, 0.15) is 0 Å². The third kappa shape index (κ3) is 3.88. The molecule has 0 aliphatic carbocycles. The average molecular weight is 663 g/mol. The molecule has 0 N–H and O–H groups in total. The summed E-state index contributed by atoms with van der Waals surface area (Å²) in [6, 6.07) is 16.9. The van der Waals surface area contributed by atoms with Crippen LogP contribution in [-0.4, -0.2) is 0 Å². The van der Waals surface area contributed by atoms with E-state index in [0.29, 0.717) is 0 Å². The summed E-state index contributed by atoms with van der Waals surface area (Å²) in [7, 11) is 0. The molecule has 9 aromatic rings. The Morgan fingerprint density at radius 2 is 1.15 bits per heavy atom. The summed E-state index contributed by atoms with van der Waals surface area (Å²) in [5.41, 5.74) is 0. The number of hydrogen-bond donors (Lipinski definition) is 0. The van der Waals surface area contributed by atoms with Crippen LogP contribution in [0.1, 0.15) is 37.5 Å². The zero-order valence-corrected chi connectivity index (χ0v) is 28.0. The van der Waals surface area contributed by atoms with Gasteiger partial charge in [-0.3, -0.25) is 0 Å². The monoisotopic (exact) mass is 662 g/mol. The van der Waals surface area contributed by atoms with Gasteiger partial charge in [-0.05, 0) is 66.1 Å². The van der Waals surface area contributed by atoms with Gasteiger partial charge in [0, 0.05) is 68.7 Å². The van der Waals surface area contributed by atoms with Crippen molar-refractivity contribution in [2.24, 2.45) is 0 Å². The second kappa shape index (κ2) is 9.71. The lowest BCUT2D eigenvalue weighted by molar-refractivity contribution is 0.670. The number of hydrogen-bond acceptors (Lipinski definition) is 8. The maximum atomic E-state index is 2.52. The zero-order chi connectivity index (χ0) is 26.4. The molecule has 0 saturated heterocycles. The van der Waals surface area contributed by atoms with Gasteiger partial charge in [-0.1, -0.05) is 26.2 Å². The molecule has 0 nitrogen and oxygen atoms in total. The van der Waals surface area contributed by atoms with Gasteiger partial charge >= 0.3 is 0 Å². The number of rotatable bonds is 7. The molecule has 0 radical (unpaired) electrons. The fraction of sp³-hybridized carbons (Fsp3) is 0.188. The maximum absolute atomic E-state index is 2.52. The highest BCUT2D eigenvalue weighted by atomic mass is 32.1. The zero-order valence-electron chi connectivity index (χ0n) is 21.5. The van der Waals surface area contributed by atoms with Crippen molar-refractivity contribution in [2.45, 2.75) is 39.0 Å². The predicted molar refractivity (Wildman–Crippen MR) is 193 cm³/mol. The van der Waals surface area contributed by atoms with E-state index in [-0.39, 0.29) is 0 Å². The first-order valence-corrected chi connectivity index (χ1v) is 20.2. The molecule has 0 atom stereocenters. The largest absolute Gasteiger partial charge is 0.143 e. The summed E-state index contributed by atoms with van der Waals surface area (Å²) in [6.45, 7) is 2.30. The number of aryl methyl sites for hydroxylation is 1. The molecular weight excluding hydrogens is 641 g/mol. The van der Waals surface area contributed by atoms with E-state index >= 15 is 0 Å². The van der Waals surface area contributed by atoms with Gasteiger partial charge in [-0.2, -0.15) is 0 Å². The molecule has 40 heavy (non-hydrogen) atoms. The lowest BCUT2D eigenvalue weighted by Crippen LogP contribution is -1.80. The highest BCUT2D eigenvalue weighted by molar-refractivity contribution is 7.37. The highest BCUT2D eigenvalue weighted by Gasteiger charge is 2.22. The fourth-order valence-electron chi connectivity index (χ4n) is 5.71. The normalized spacial score (nSPS) is 12.6. The quantitative estimate of drug-likeness (QED) is 0.149. The van der Waals surface area contributed by atoms with Crippen molar-refractivity contribution < 1.29 is 0 Å². The Hall–Kier alpha value is -1.62. The SMILES string of the molecule is CCCCCCc1cc2sc3c4cc(-c5cc6sccc6s5)sc4c4sc(-c5cc6sccc6s5)cc4c3c2s1. The van der Waals surface area contributed by atoms with E-state index in [1.165, 1.54) is 110 Å². The topological polar surface area (TPSA) is 0 Å². The Morgan fingerprint density at radius 3 is 1.82 bits per heavy atom. The lowest BCUT2D eigenvalue weighted by atomic mass is 10.1. The van der Waals surface area contributed by atoms with E-state index in [4.69, 9.17) is 0 Å². The molecule has 0 amide bonds. The third-order valence-corrected chi connectivity index (χ3v) is 17.2. The van der Waals surface area contributed by atoms with Gasteiger partial charge in [-0.25, -0.2) is 0 Å². The molecule has 0 spiro atoms. The van der Waals surface area contributed by atoms with Crippen molar-refractivity contribution >= 4 is 149 Å². The number of unbranched alkanes of at least 4 members (excludes halogenated alkanes) is 3. The molecule has 0 bridgehead atoms. The predicted octanol–water partition coefficient (Wildman–Crippen LogP) is 14.6. The molecule has 198 valence electrons. The molecule has 9 rings (SSSR count). The van der Waals surface area contributed by atoms with Gasteiger partial charge in [0.05, 0.1) is 14.1 Å². The van der Waals surface area contributed by atoms with E-state index in [0.717, 1.165) is 0 Å². The molecular formula is C32H22S8. The van der Waals surface area contributed by atoms with Gasteiger partial charge < -0.3 is 0 Å². The average Bonchev–Trinajstić information content (AvgIpc) is 3.75. The van der Waals surface area contributed by atoms with Crippen LogP contribution in [0.2, 0.25) is 0 Å². The summed E-state index contributed by atoms with van der Waals surface area (Å²) in [5.74, 6) is 0. The fourth-order valence-corrected chi connectivity index (χ4v) is 15.4. The van der Waals surface area contributed by atoms with Crippen molar-refractivity contribution in [2.75, 3.05) is 0 Å². The highest BCUT2D eigenvalue weighted by Crippen LogP contribution is 2.54. The van der Waals surface area contributed by atoms with Gasteiger partial charge in [0.15, 0.2) is 0 Å². The first-order chi connectivity index (χ1) is 19.7. The van der Waals surface area contributed by atoms with Gasteiger partial charge in [-0.15, -0.1) is 90.7 Å². The summed E-state index contributed by atoms with van der Waals surface area (Å²) in [5, 5.41) is 8.85. The minimum absolute atomic E-state index is 1.22. The molecule has 0 aliphatic rings. The van der Waals surface area contributed by atoms with Crippen LogP contribution >= 0.6 is 90.7 Å². The lowest BCUT2D eigenvalue weighted by Gasteiger charge is -1.99. The van der Waals surface area contributed by atoms with Crippen LogP contribution in [-0.2, 0) is 6.42 Å². The minimum Gasteiger partial charge on any atom is -0.143 e. The molecule has 1 aromatic carbocycles. The summed E-state index contributed by atoms with van der Waals surface area (Å²) in [6.07, 6.45) is 6.52. The molecule has 8 aromatic heterocycles. The summed E-state index contributed by atoms with van der Waals surface area (Å²) < 4.78 is 13.1. The first kappa shape index (κ1) is 24.9. The Morgan fingerprint density at radius 1 is 0.500 bits per heavy atom. The minimum atomic E-state index is 1.22. The van der Waals surface area contributed by atoms with Gasteiger partial charge in [0.25, 0.3) is 0 Å².